The van der Waals surface area contributed by atoms with Crippen LogP contribution in [-0.4, -0.2) is 0 Å². The van der Waals surface area contributed by atoms with E-state index in [4.69, 9.17) is 0 Å². The first-order valence-corrected chi connectivity index (χ1v) is 4.43. The summed E-state index contributed by atoms with van der Waals surface area (Å²) in [6.45, 7) is 4.46. The van der Waals surface area contributed by atoms with Gasteiger partial charge in [-0.1, -0.05) is 19.9 Å². The molecular weight excluding hydrogens is 306 g/mol. The van der Waals surface area contributed by atoms with E-state index in [0.717, 1.165) is 0 Å². The van der Waals surface area contributed by atoms with E-state index in [1.54, 1.807) is 0 Å². The van der Waals surface area contributed by atoms with Gasteiger partial charge in [0.2, 0.25) is 0 Å². The van der Waals surface area contributed by atoms with Crippen molar-refractivity contribution in [2.45, 2.75) is 19.8 Å². The molecule has 0 aliphatic carbocycles. The van der Waals surface area contributed by atoms with E-state index in [1.165, 1.54) is 16.3 Å². The maximum Gasteiger partial charge on any atom is 3.00 e. The second-order valence-corrected chi connectivity index (χ2v) is 3.57. The van der Waals surface area contributed by atoms with E-state index in [2.05, 4.69) is 50.2 Å². The first kappa shape index (κ1) is 17.7. The fourth-order valence-corrected chi connectivity index (χ4v) is 1.51. The summed E-state index contributed by atoms with van der Waals surface area (Å²) in [5, 5.41) is 2.72. The van der Waals surface area contributed by atoms with Crippen molar-refractivity contribution in [3.63, 3.8) is 0 Å². The Morgan fingerprint density at radius 1 is 1.07 bits per heavy atom. The van der Waals surface area contributed by atoms with Crippen LogP contribution in [0.1, 0.15) is 25.3 Å². The van der Waals surface area contributed by atoms with Gasteiger partial charge in [-0.05, 0) is 5.92 Å². The summed E-state index contributed by atoms with van der Waals surface area (Å²) in [6, 6.07) is 13.1. The van der Waals surface area contributed by atoms with Crippen LogP contribution in [0, 0.1) is 0 Å². The standard InChI is InChI=1S/C12H13.2ClH.Zr/c1-9(2)12-7-10-5-3-4-6-11(10)8-12;;;/h3-9H,1-2H3;2*1H;/q-1;;;+3/p-2. The molecule has 79 valence electrons. The molecule has 0 spiro atoms. The van der Waals surface area contributed by atoms with Gasteiger partial charge in [0.15, 0.2) is 0 Å². The summed E-state index contributed by atoms with van der Waals surface area (Å²) >= 11 is 0. The average molecular weight is 319 g/mol. The molecule has 0 atom stereocenters. The summed E-state index contributed by atoms with van der Waals surface area (Å²) in [5.41, 5.74) is 1.44. The summed E-state index contributed by atoms with van der Waals surface area (Å²) in [5.74, 6) is 0.636. The van der Waals surface area contributed by atoms with Gasteiger partial charge >= 0.3 is 26.2 Å². The van der Waals surface area contributed by atoms with Crippen molar-refractivity contribution in [2.75, 3.05) is 0 Å². The number of benzene rings is 1. The molecule has 0 nitrogen and oxygen atoms in total. The SMILES string of the molecule is CC(C)c1cc2ccccc2[cH-]1.[Cl-].[Cl-].[Zr+3]. The van der Waals surface area contributed by atoms with Crippen molar-refractivity contribution in [3.8, 4) is 0 Å². The van der Waals surface area contributed by atoms with Crippen LogP contribution in [0.5, 0.6) is 0 Å². The van der Waals surface area contributed by atoms with Crippen molar-refractivity contribution >= 4 is 10.8 Å². The smallest absolute Gasteiger partial charge is 1.00 e. The Morgan fingerprint density at radius 2 is 1.67 bits per heavy atom. The molecule has 0 N–H and O–H groups in total. The van der Waals surface area contributed by atoms with Crippen LogP contribution in [0.3, 0.4) is 0 Å². The molecule has 0 saturated heterocycles. The largest absolute Gasteiger partial charge is 3.00 e. The van der Waals surface area contributed by atoms with E-state index < -0.39 is 0 Å². The summed E-state index contributed by atoms with van der Waals surface area (Å²) < 4.78 is 0. The monoisotopic (exact) mass is 317 g/mol. The molecule has 0 bridgehead atoms. The molecule has 2 aromatic carbocycles. The third kappa shape index (κ3) is 3.98. The van der Waals surface area contributed by atoms with E-state index in [-0.39, 0.29) is 51.0 Å². The topological polar surface area (TPSA) is 0 Å². The molecule has 0 amide bonds. The van der Waals surface area contributed by atoms with Gasteiger partial charge in [0, 0.05) is 0 Å². The van der Waals surface area contributed by atoms with Crippen molar-refractivity contribution < 1.29 is 51.0 Å². The van der Waals surface area contributed by atoms with Crippen LogP contribution in [0.2, 0.25) is 0 Å². The number of halogens is 2. The van der Waals surface area contributed by atoms with Crippen LogP contribution in [0.15, 0.2) is 36.4 Å². The maximum absolute atomic E-state index is 2.28. The molecule has 0 heterocycles. The van der Waals surface area contributed by atoms with Gasteiger partial charge in [0.1, 0.15) is 0 Å². The van der Waals surface area contributed by atoms with Gasteiger partial charge < -0.3 is 24.8 Å². The number of hydrogen-bond acceptors (Lipinski definition) is 0. The summed E-state index contributed by atoms with van der Waals surface area (Å²) in [7, 11) is 0. The Balaban J connectivity index is 0. The molecule has 2 rings (SSSR count). The maximum atomic E-state index is 2.28. The zero-order valence-electron chi connectivity index (χ0n) is 8.80. The van der Waals surface area contributed by atoms with E-state index in [1.807, 2.05) is 0 Å². The fraction of sp³-hybridized carbons (Fsp3) is 0.250. The fourth-order valence-electron chi connectivity index (χ4n) is 1.51. The second kappa shape index (κ2) is 7.55. The normalized spacial score (nSPS) is 9.00. The molecule has 15 heavy (non-hydrogen) atoms. The minimum absolute atomic E-state index is 0. The zero-order valence-corrected chi connectivity index (χ0v) is 12.8. The first-order valence-electron chi connectivity index (χ1n) is 4.43. The molecule has 3 heteroatoms. The van der Waals surface area contributed by atoms with Crippen LogP contribution in [0.4, 0.5) is 0 Å². The average Bonchev–Trinajstić information content (AvgIpc) is 2.46. The third-order valence-electron chi connectivity index (χ3n) is 2.31. The van der Waals surface area contributed by atoms with Crippen molar-refractivity contribution in [1.29, 1.82) is 0 Å². The second-order valence-electron chi connectivity index (χ2n) is 3.57. The molecule has 0 unspecified atom stereocenters. The van der Waals surface area contributed by atoms with Crippen molar-refractivity contribution in [2.24, 2.45) is 0 Å². The predicted octanol–water partition coefficient (Wildman–Crippen LogP) is -2.31. The Labute approximate surface area is 123 Å². The van der Waals surface area contributed by atoms with E-state index in [0.29, 0.717) is 5.92 Å². The quantitative estimate of drug-likeness (QED) is 0.518. The van der Waals surface area contributed by atoms with Crippen molar-refractivity contribution in [1.82, 2.24) is 0 Å². The third-order valence-corrected chi connectivity index (χ3v) is 2.31. The van der Waals surface area contributed by atoms with Crippen LogP contribution < -0.4 is 24.8 Å². The zero-order chi connectivity index (χ0) is 8.55. The van der Waals surface area contributed by atoms with Gasteiger partial charge in [0.25, 0.3) is 0 Å². The minimum atomic E-state index is 0. The number of rotatable bonds is 1. The van der Waals surface area contributed by atoms with Crippen LogP contribution >= 0.6 is 0 Å². The van der Waals surface area contributed by atoms with E-state index in [9.17, 15) is 0 Å². The molecule has 0 fully saturated rings. The molecule has 2 aromatic rings. The van der Waals surface area contributed by atoms with E-state index >= 15 is 0 Å². The molecule has 1 radical (unpaired) electrons. The van der Waals surface area contributed by atoms with Gasteiger partial charge in [-0.25, -0.2) is 0 Å². The molecule has 0 aliphatic heterocycles. The Kier molecular flexibility index (Phi) is 8.90. The number of fused-ring (bicyclic) bond motifs is 1. The van der Waals surface area contributed by atoms with Gasteiger partial charge in [0.05, 0.1) is 0 Å². The Morgan fingerprint density at radius 3 is 2.20 bits per heavy atom. The van der Waals surface area contributed by atoms with Crippen LogP contribution in [-0.2, 0) is 26.2 Å². The van der Waals surface area contributed by atoms with Gasteiger partial charge in [-0.3, -0.25) is 0 Å². The summed E-state index contributed by atoms with van der Waals surface area (Å²) in [4.78, 5) is 0. The Bertz CT molecular complexity index is 360. The molecule has 0 aromatic heterocycles. The molecule has 0 saturated carbocycles. The minimum Gasteiger partial charge on any atom is -1.00 e. The predicted molar refractivity (Wildman–Crippen MR) is 53.6 cm³/mol. The Hall–Kier alpha value is 0.293. The molecular formula is C12H13Cl2Zr. The molecule has 0 aliphatic rings. The van der Waals surface area contributed by atoms with Gasteiger partial charge in [-0.2, -0.15) is 6.07 Å². The van der Waals surface area contributed by atoms with Crippen molar-refractivity contribution in [3.05, 3.63) is 42.0 Å². The first-order chi connectivity index (χ1) is 5.77. The number of hydrogen-bond donors (Lipinski definition) is 0. The summed E-state index contributed by atoms with van der Waals surface area (Å²) in [6.07, 6.45) is 0. The van der Waals surface area contributed by atoms with Crippen LogP contribution in [0.25, 0.3) is 10.8 Å². The van der Waals surface area contributed by atoms with Gasteiger partial charge in [-0.15, -0.1) is 40.6 Å².